The van der Waals surface area contributed by atoms with Gasteiger partial charge in [-0.1, -0.05) is 148 Å². The number of benzene rings is 9. The number of aryl methyl sites for hydroxylation is 1. The second kappa shape index (κ2) is 10.8. The molecule has 0 radical (unpaired) electrons. The van der Waals surface area contributed by atoms with E-state index in [1.807, 2.05) is 0 Å². The fourth-order valence-electron chi connectivity index (χ4n) is 14.0. The number of aromatic nitrogens is 4. The maximum Gasteiger partial charge on any atom is 0.333 e. The fraction of sp³-hybridized carbons (Fsp3) is 0.0847. The molecule has 0 spiro atoms. The smallest absolute Gasteiger partial charge is 0.333 e. The number of hydrogen-bond donors (Lipinski definition) is 0. The highest BCUT2D eigenvalue weighted by Gasteiger charge is 2.47. The summed E-state index contributed by atoms with van der Waals surface area (Å²) >= 11 is 0. The van der Waals surface area contributed by atoms with E-state index in [0.717, 1.165) is 0 Å². The Morgan fingerprint density at radius 2 is 0.831 bits per heavy atom. The van der Waals surface area contributed by atoms with Crippen LogP contribution < -0.4 is 21.9 Å². The Hall–Kier alpha value is -7.69. The minimum atomic E-state index is -0.0925. The van der Waals surface area contributed by atoms with Crippen molar-refractivity contribution in [3.05, 3.63) is 169 Å². The van der Waals surface area contributed by atoms with Crippen molar-refractivity contribution in [3.8, 4) is 33.6 Å². The third-order valence-electron chi connectivity index (χ3n) is 16.3. The van der Waals surface area contributed by atoms with Crippen molar-refractivity contribution < 1.29 is 0 Å². The van der Waals surface area contributed by atoms with E-state index in [9.17, 15) is 0 Å². The van der Waals surface area contributed by atoms with Crippen LogP contribution in [0.5, 0.6) is 0 Å². The van der Waals surface area contributed by atoms with Gasteiger partial charge in [0.25, 0.3) is 0 Å². The number of rotatable bonds is 0. The molecule has 13 aromatic rings. The first-order valence-corrected chi connectivity index (χ1v) is 23.3. The molecule has 17 rings (SSSR count). The lowest BCUT2D eigenvalue weighted by atomic mass is 9.41. The summed E-state index contributed by atoms with van der Waals surface area (Å²) in [5.41, 5.74) is 26.6. The number of nitrogens with zero attached hydrogens (tertiary/aromatic N) is 4. The highest BCUT2D eigenvalue weighted by atomic mass is 15.1. The molecular weight excluding hydrogens is 786 g/mol. The minimum absolute atomic E-state index is 0.0367. The van der Waals surface area contributed by atoms with E-state index >= 15 is 0 Å². The van der Waals surface area contributed by atoms with E-state index < -0.39 is 0 Å². The van der Waals surface area contributed by atoms with Crippen LogP contribution in [0, 0.1) is 6.92 Å². The molecule has 4 aliphatic heterocycles. The summed E-state index contributed by atoms with van der Waals surface area (Å²) < 4.78 is 10.8. The van der Waals surface area contributed by atoms with Crippen molar-refractivity contribution in [3.63, 3.8) is 0 Å². The van der Waals surface area contributed by atoms with E-state index in [4.69, 9.17) is 0 Å². The Labute approximate surface area is 374 Å². The van der Waals surface area contributed by atoms with Gasteiger partial charge in [-0.25, -0.2) is 0 Å². The van der Waals surface area contributed by atoms with Crippen LogP contribution in [-0.4, -0.2) is 31.8 Å². The molecule has 300 valence electrons. The molecule has 0 bridgehead atoms. The Morgan fingerprint density at radius 3 is 1.37 bits per heavy atom. The van der Waals surface area contributed by atoms with Gasteiger partial charge in [-0.3, -0.25) is 0 Å². The lowest BCUT2D eigenvalue weighted by Gasteiger charge is -2.38. The Kier molecular flexibility index (Phi) is 5.62. The maximum absolute atomic E-state index is 2.74. The molecule has 65 heavy (non-hydrogen) atoms. The molecule has 4 nitrogen and oxygen atoms in total. The van der Waals surface area contributed by atoms with Crippen molar-refractivity contribution in [2.24, 2.45) is 0 Å². The van der Waals surface area contributed by atoms with E-state index in [1.54, 1.807) is 0 Å². The standard InChI is InChI=1S/C59H38B2N4/c1-31-27-40-36-21-13-19-34-32-15-5-11-25-47(32)64(55(34)36)60-43-29-44-50(30-49(43)62-45-23-9-7-17-38(45)51(31)57(62)53(40)60)63-46-24-10-8-18-39(46)52-42(59(2,3)4)28-41-37-22-14-20-35-33-16-6-12-26-48(33)65(56(35)37)61(44)54(41)58(52)63/h5-30H,1-4H3. The van der Waals surface area contributed by atoms with Gasteiger partial charge in [-0.15, -0.1) is 0 Å². The summed E-state index contributed by atoms with van der Waals surface area (Å²) in [6.45, 7) is 9.44. The normalized spacial score (nSPS) is 14.1. The summed E-state index contributed by atoms with van der Waals surface area (Å²) in [4.78, 5) is 0. The first-order chi connectivity index (χ1) is 31.9. The van der Waals surface area contributed by atoms with Crippen molar-refractivity contribution in [2.75, 3.05) is 0 Å². The van der Waals surface area contributed by atoms with Crippen LogP contribution in [0.3, 0.4) is 0 Å². The summed E-state index contributed by atoms with van der Waals surface area (Å²) in [6, 6.07) is 61.1. The maximum atomic E-state index is 2.74. The molecule has 0 unspecified atom stereocenters. The molecule has 4 aliphatic rings. The average molecular weight is 825 g/mol. The molecule has 9 aromatic carbocycles. The van der Waals surface area contributed by atoms with Crippen molar-refractivity contribution >= 4 is 123 Å². The second-order valence-electron chi connectivity index (χ2n) is 20.4. The average Bonchev–Trinajstić information content (AvgIpc) is 4.07. The summed E-state index contributed by atoms with van der Waals surface area (Å²) in [5.74, 6) is 0. The van der Waals surface area contributed by atoms with Crippen LogP contribution in [0.2, 0.25) is 0 Å². The second-order valence-corrected chi connectivity index (χ2v) is 20.4. The van der Waals surface area contributed by atoms with Crippen LogP contribution in [-0.2, 0) is 5.41 Å². The van der Waals surface area contributed by atoms with Crippen molar-refractivity contribution in [1.29, 1.82) is 0 Å². The Bertz CT molecular complexity index is 4490. The quantitative estimate of drug-likeness (QED) is 0.136. The Balaban J connectivity index is 1.13. The highest BCUT2D eigenvalue weighted by Crippen LogP contribution is 2.49. The molecule has 0 N–H and O–H groups in total. The predicted octanol–water partition coefficient (Wildman–Crippen LogP) is 11.6. The van der Waals surface area contributed by atoms with Gasteiger partial charge in [-0.05, 0) is 86.8 Å². The molecule has 0 saturated heterocycles. The van der Waals surface area contributed by atoms with Crippen LogP contribution >= 0.6 is 0 Å². The zero-order valence-corrected chi connectivity index (χ0v) is 36.5. The van der Waals surface area contributed by atoms with Crippen LogP contribution in [0.4, 0.5) is 0 Å². The minimum Gasteiger partial charge on any atom is -0.375 e. The van der Waals surface area contributed by atoms with E-state index in [-0.39, 0.29) is 19.1 Å². The first kappa shape index (κ1) is 33.8. The lowest BCUT2D eigenvalue weighted by Crippen LogP contribution is -2.60. The van der Waals surface area contributed by atoms with Gasteiger partial charge in [0, 0.05) is 87.7 Å². The van der Waals surface area contributed by atoms with Crippen molar-refractivity contribution in [1.82, 2.24) is 18.1 Å². The molecule has 8 heterocycles. The van der Waals surface area contributed by atoms with Gasteiger partial charge in [0.1, 0.15) is 0 Å². The largest absolute Gasteiger partial charge is 0.375 e. The molecule has 0 saturated carbocycles. The zero-order chi connectivity index (χ0) is 42.5. The Morgan fingerprint density at radius 1 is 0.385 bits per heavy atom. The molecule has 0 amide bonds. The molecule has 0 fully saturated rings. The lowest BCUT2D eigenvalue weighted by molar-refractivity contribution is 0.596. The van der Waals surface area contributed by atoms with E-state index in [2.05, 4.69) is 204 Å². The molecule has 4 aromatic heterocycles. The predicted molar refractivity (Wildman–Crippen MR) is 276 cm³/mol. The van der Waals surface area contributed by atoms with E-state index in [0.29, 0.717) is 0 Å². The van der Waals surface area contributed by atoms with Gasteiger partial charge in [0.05, 0.1) is 22.1 Å². The number of para-hydroxylation sites is 6. The summed E-state index contributed by atoms with van der Waals surface area (Å²) in [5, 5.41) is 10.7. The molecule has 6 heteroatoms. The van der Waals surface area contributed by atoms with Crippen LogP contribution in [0.25, 0.3) is 121 Å². The van der Waals surface area contributed by atoms with Gasteiger partial charge < -0.3 is 18.1 Å². The van der Waals surface area contributed by atoms with Gasteiger partial charge in [0.15, 0.2) is 0 Å². The number of fused-ring (bicyclic) bond motifs is 22. The third-order valence-corrected chi connectivity index (χ3v) is 16.3. The van der Waals surface area contributed by atoms with Crippen LogP contribution in [0.15, 0.2) is 158 Å². The molecular formula is C59H38B2N4. The zero-order valence-electron chi connectivity index (χ0n) is 36.5. The van der Waals surface area contributed by atoms with Gasteiger partial charge in [-0.2, -0.15) is 0 Å². The topological polar surface area (TPSA) is 19.7 Å². The highest BCUT2D eigenvalue weighted by molar-refractivity contribution is 6.93. The fourth-order valence-corrected chi connectivity index (χ4v) is 14.0. The third kappa shape index (κ3) is 3.62. The van der Waals surface area contributed by atoms with Gasteiger partial charge in [0.2, 0.25) is 0 Å². The SMILES string of the molecule is Cc1cc2c3c4c1c1ccccc1n4-c1cc4c(cc1B3n1c3ccccc3c3cccc-2c31)B1c2c(cc(C(C)(C)C)c3c5ccccc5n-4c23)-c2cccc3c4ccccc4n1c23. The van der Waals surface area contributed by atoms with Crippen LogP contribution in [0.1, 0.15) is 31.9 Å². The molecule has 0 atom stereocenters. The van der Waals surface area contributed by atoms with E-state index in [1.165, 1.54) is 154 Å². The molecule has 0 aliphatic carbocycles. The number of hydrogen-bond acceptors (Lipinski definition) is 0. The summed E-state index contributed by atoms with van der Waals surface area (Å²) in [6.07, 6.45) is 0. The first-order valence-electron chi connectivity index (χ1n) is 23.3. The monoisotopic (exact) mass is 824 g/mol. The van der Waals surface area contributed by atoms with Crippen molar-refractivity contribution in [2.45, 2.75) is 33.1 Å². The van der Waals surface area contributed by atoms with Gasteiger partial charge >= 0.3 is 13.7 Å². The summed E-state index contributed by atoms with van der Waals surface area (Å²) in [7, 11) is 0.